The molecule has 4 heteroatoms. The van der Waals surface area contributed by atoms with E-state index in [4.69, 9.17) is 5.73 Å². The molecule has 0 spiro atoms. The highest BCUT2D eigenvalue weighted by Gasteiger charge is 2.54. The number of rotatable bonds is 3. The fraction of sp³-hybridized carbons (Fsp3) is 0.562. The minimum absolute atomic E-state index is 0.0197. The molecule has 2 unspecified atom stereocenters. The van der Waals surface area contributed by atoms with Gasteiger partial charge in [-0.25, -0.2) is 0 Å². The predicted molar refractivity (Wildman–Crippen MR) is 78.1 cm³/mol. The summed E-state index contributed by atoms with van der Waals surface area (Å²) in [4.78, 5) is 14.8. The summed E-state index contributed by atoms with van der Waals surface area (Å²) in [5.74, 6) is 0.567. The molecule has 1 saturated carbocycles. The van der Waals surface area contributed by atoms with Crippen LogP contribution < -0.4 is 5.73 Å². The molecule has 1 heterocycles. The molecular weight excluding hydrogens is 252 g/mol. The van der Waals surface area contributed by atoms with Gasteiger partial charge < -0.3 is 15.7 Å². The zero-order valence-electron chi connectivity index (χ0n) is 11.9. The Morgan fingerprint density at radius 2 is 2.05 bits per heavy atom. The Kier molecular flexibility index (Phi) is 3.21. The molecule has 0 aromatic heterocycles. The molecule has 1 aromatic carbocycles. The first kappa shape index (κ1) is 13.4. The van der Waals surface area contributed by atoms with Crippen molar-refractivity contribution in [1.82, 2.24) is 4.90 Å². The summed E-state index contributed by atoms with van der Waals surface area (Å²) in [5.41, 5.74) is 7.15. The fourth-order valence-electron chi connectivity index (χ4n) is 3.37. The number of anilines is 1. The third-order valence-corrected chi connectivity index (χ3v) is 4.95. The van der Waals surface area contributed by atoms with E-state index in [0.29, 0.717) is 5.92 Å². The number of benzene rings is 1. The van der Waals surface area contributed by atoms with Crippen molar-refractivity contribution in [2.24, 2.45) is 5.92 Å². The topological polar surface area (TPSA) is 66.6 Å². The first-order valence-corrected chi connectivity index (χ1v) is 7.36. The van der Waals surface area contributed by atoms with E-state index < -0.39 is 0 Å². The van der Waals surface area contributed by atoms with Gasteiger partial charge in [0, 0.05) is 12.2 Å². The van der Waals surface area contributed by atoms with Crippen molar-refractivity contribution in [1.29, 1.82) is 0 Å². The lowest BCUT2D eigenvalue weighted by molar-refractivity contribution is -0.135. The van der Waals surface area contributed by atoms with Crippen molar-refractivity contribution in [3.63, 3.8) is 0 Å². The lowest BCUT2D eigenvalue weighted by Gasteiger charge is -2.29. The van der Waals surface area contributed by atoms with E-state index in [9.17, 15) is 9.90 Å². The van der Waals surface area contributed by atoms with E-state index in [1.165, 1.54) is 0 Å². The molecule has 2 atom stereocenters. The second-order valence-corrected chi connectivity index (χ2v) is 6.22. The maximum absolute atomic E-state index is 12.9. The molecule has 1 saturated heterocycles. The highest BCUT2D eigenvalue weighted by atomic mass is 16.3. The van der Waals surface area contributed by atoms with Crippen molar-refractivity contribution in [2.75, 3.05) is 18.9 Å². The molecule has 1 aliphatic carbocycles. The Morgan fingerprint density at radius 1 is 1.40 bits per heavy atom. The van der Waals surface area contributed by atoms with Crippen LogP contribution in [-0.4, -0.2) is 35.1 Å². The van der Waals surface area contributed by atoms with Crippen LogP contribution in [0, 0.1) is 5.92 Å². The standard InChI is InChI=1S/C16H22N2O2/c1-11-6-9-18(14(11)10-19)15(20)16(7-8-16)12-2-4-13(17)5-3-12/h2-5,11,14,19H,6-10,17H2,1H3. The Labute approximate surface area is 119 Å². The van der Waals surface area contributed by atoms with Crippen LogP contribution in [0.25, 0.3) is 0 Å². The number of carbonyl (C=O) groups is 1. The average Bonchev–Trinajstić information content (AvgIpc) is 3.17. The molecule has 0 radical (unpaired) electrons. The number of hydrogen-bond donors (Lipinski definition) is 2. The van der Waals surface area contributed by atoms with E-state index in [0.717, 1.165) is 37.1 Å². The van der Waals surface area contributed by atoms with E-state index in [-0.39, 0.29) is 24.0 Å². The summed E-state index contributed by atoms with van der Waals surface area (Å²) < 4.78 is 0. The van der Waals surface area contributed by atoms with Crippen molar-refractivity contribution >= 4 is 11.6 Å². The van der Waals surface area contributed by atoms with Gasteiger partial charge in [-0.2, -0.15) is 0 Å². The number of likely N-dealkylation sites (tertiary alicyclic amines) is 1. The molecule has 1 amide bonds. The number of nitrogens with zero attached hydrogens (tertiary/aromatic N) is 1. The zero-order chi connectivity index (χ0) is 14.3. The number of aliphatic hydroxyl groups excluding tert-OH is 1. The minimum Gasteiger partial charge on any atom is -0.399 e. The summed E-state index contributed by atoms with van der Waals surface area (Å²) >= 11 is 0. The van der Waals surface area contributed by atoms with Crippen LogP contribution in [0.4, 0.5) is 5.69 Å². The molecule has 108 valence electrons. The third kappa shape index (κ3) is 1.99. The maximum Gasteiger partial charge on any atom is 0.233 e. The molecular formula is C16H22N2O2. The average molecular weight is 274 g/mol. The van der Waals surface area contributed by atoms with Crippen molar-refractivity contribution in [3.8, 4) is 0 Å². The van der Waals surface area contributed by atoms with Gasteiger partial charge in [0.25, 0.3) is 0 Å². The molecule has 20 heavy (non-hydrogen) atoms. The molecule has 2 fully saturated rings. The van der Waals surface area contributed by atoms with Gasteiger partial charge in [-0.1, -0.05) is 19.1 Å². The van der Waals surface area contributed by atoms with Crippen LogP contribution in [0.2, 0.25) is 0 Å². The first-order valence-electron chi connectivity index (χ1n) is 7.36. The molecule has 4 nitrogen and oxygen atoms in total. The largest absolute Gasteiger partial charge is 0.399 e. The molecule has 2 aliphatic rings. The van der Waals surface area contributed by atoms with Crippen LogP contribution in [0.15, 0.2) is 24.3 Å². The highest BCUT2D eigenvalue weighted by Crippen LogP contribution is 2.50. The summed E-state index contributed by atoms with van der Waals surface area (Å²) in [6, 6.07) is 7.63. The number of nitrogens with two attached hydrogens (primary N) is 1. The van der Waals surface area contributed by atoms with Gasteiger partial charge in [0.2, 0.25) is 5.91 Å². The van der Waals surface area contributed by atoms with Gasteiger partial charge in [-0.05, 0) is 42.9 Å². The number of carbonyl (C=O) groups excluding carboxylic acids is 1. The lowest BCUT2D eigenvalue weighted by atomic mass is 9.93. The maximum atomic E-state index is 12.9. The van der Waals surface area contributed by atoms with Crippen LogP contribution in [0.3, 0.4) is 0 Å². The minimum atomic E-state index is -0.356. The summed E-state index contributed by atoms with van der Waals surface area (Å²) in [6.45, 7) is 2.93. The van der Waals surface area contributed by atoms with E-state index in [2.05, 4.69) is 6.92 Å². The van der Waals surface area contributed by atoms with E-state index >= 15 is 0 Å². The predicted octanol–water partition coefficient (Wildman–Crippen LogP) is 1.53. The van der Waals surface area contributed by atoms with Gasteiger partial charge in [0.05, 0.1) is 18.1 Å². The summed E-state index contributed by atoms with van der Waals surface area (Å²) in [5, 5.41) is 9.54. The van der Waals surface area contributed by atoms with Crippen LogP contribution >= 0.6 is 0 Å². The van der Waals surface area contributed by atoms with Crippen LogP contribution in [0.5, 0.6) is 0 Å². The second kappa shape index (κ2) is 4.77. The molecule has 1 aliphatic heterocycles. The first-order chi connectivity index (χ1) is 9.58. The van der Waals surface area contributed by atoms with Gasteiger partial charge in [-0.3, -0.25) is 4.79 Å². The number of hydrogen-bond acceptors (Lipinski definition) is 3. The highest BCUT2D eigenvalue weighted by molar-refractivity contribution is 5.91. The van der Waals surface area contributed by atoms with E-state index in [1.54, 1.807) is 0 Å². The normalized spacial score (nSPS) is 27.6. The number of nitrogen functional groups attached to an aromatic ring is 1. The number of aliphatic hydroxyl groups is 1. The van der Waals surface area contributed by atoms with E-state index in [1.807, 2.05) is 29.2 Å². The Balaban J connectivity index is 1.85. The van der Waals surface area contributed by atoms with Gasteiger partial charge in [0.15, 0.2) is 0 Å². The monoisotopic (exact) mass is 274 g/mol. The Morgan fingerprint density at radius 3 is 2.60 bits per heavy atom. The third-order valence-electron chi connectivity index (χ3n) is 4.95. The van der Waals surface area contributed by atoms with Crippen LogP contribution in [0.1, 0.15) is 31.7 Å². The van der Waals surface area contributed by atoms with Gasteiger partial charge >= 0.3 is 0 Å². The van der Waals surface area contributed by atoms with Crippen molar-refractivity contribution < 1.29 is 9.90 Å². The molecule has 0 bridgehead atoms. The summed E-state index contributed by atoms with van der Waals surface area (Å²) in [6.07, 6.45) is 2.78. The quantitative estimate of drug-likeness (QED) is 0.821. The smallest absolute Gasteiger partial charge is 0.233 e. The van der Waals surface area contributed by atoms with Crippen LogP contribution in [-0.2, 0) is 10.2 Å². The number of amides is 1. The summed E-state index contributed by atoms with van der Waals surface area (Å²) in [7, 11) is 0. The SMILES string of the molecule is CC1CCN(C(=O)C2(c3ccc(N)cc3)CC2)C1CO. The molecule has 3 rings (SSSR count). The molecule has 3 N–H and O–H groups in total. The molecule has 1 aromatic rings. The Bertz CT molecular complexity index is 508. The van der Waals surface area contributed by atoms with Crippen molar-refractivity contribution in [2.45, 2.75) is 37.6 Å². The Hall–Kier alpha value is -1.55. The van der Waals surface area contributed by atoms with Crippen molar-refractivity contribution in [3.05, 3.63) is 29.8 Å². The second-order valence-electron chi connectivity index (χ2n) is 6.22. The van der Waals surface area contributed by atoms with Gasteiger partial charge in [0.1, 0.15) is 0 Å². The zero-order valence-corrected chi connectivity index (χ0v) is 11.9. The van der Waals surface area contributed by atoms with Gasteiger partial charge in [-0.15, -0.1) is 0 Å². The fourth-order valence-corrected chi connectivity index (χ4v) is 3.37. The lowest BCUT2D eigenvalue weighted by Crippen LogP contribution is -2.45.